The Hall–Kier alpha value is -0.470. The van der Waals surface area contributed by atoms with Crippen LogP contribution >= 0.6 is 0 Å². The maximum Gasteiger partial charge on any atom is 0.254 e. The van der Waals surface area contributed by atoms with Crippen molar-refractivity contribution in [1.82, 2.24) is 0 Å². The van der Waals surface area contributed by atoms with Gasteiger partial charge in [0, 0.05) is 12.8 Å². The number of allylic oxidation sites excluding steroid dienone is 1. The second-order valence-electron chi connectivity index (χ2n) is 1.79. The summed E-state index contributed by atoms with van der Waals surface area (Å²) in [5.41, 5.74) is 0. The number of hydrogen-bond acceptors (Lipinski definition) is 0. The van der Waals surface area contributed by atoms with E-state index in [9.17, 15) is 13.2 Å². The van der Waals surface area contributed by atoms with Gasteiger partial charge in [-0.05, 0) is 0 Å². The molecule has 0 atom stereocenters. The van der Waals surface area contributed by atoms with Crippen molar-refractivity contribution < 1.29 is 13.2 Å². The Morgan fingerprint density at radius 1 is 1.44 bits per heavy atom. The minimum absolute atomic E-state index is 0.434. The molecule has 0 saturated heterocycles. The van der Waals surface area contributed by atoms with Crippen molar-refractivity contribution in [3.8, 4) is 0 Å². The summed E-state index contributed by atoms with van der Waals surface area (Å²) in [6.07, 6.45) is -0.0361. The molecule has 0 aromatic rings. The second-order valence-corrected chi connectivity index (χ2v) is 1.79. The normalized spacial score (nSPS) is 11.4. The first-order chi connectivity index (χ1) is 4.12. The van der Waals surface area contributed by atoms with Crippen LogP contribution in [0.5, 0.6) is 0 Å². The third kappa shape index (κ3) is 4.06. The van der Waals surface area contributed by atoms with Gasteiger partial charge in [0.2, 0.25) is 0 Å². The molecule has 0 aliphatic heterocycles. The van der Waals surface area contributed by atoms with E-state index in [0.29, 0.717) is 0 Å². The summed E-state index contributed by atoms with van der Waals surface area (Å²) in [7, 11) is 0. The average Bonchev–Trinajstić information content (AvgIpc) is 1.64. The second kappa shape index (κ2) is 3.54. The van der Waals surface area contributed by atoms with Gasteiger partial charge in [-0.2, -0.15) is 0 Å². The fraction of sp³-hybridized carbons (Fsp3) is 0.667. The van der Waals surface area contributed by atoms with Crippen LogP contribution in [0.25, 0.3) is 0 Å². The van der Waals surface area contributed by atoms with Crippen LogP contribution in [0.3, 0.4) is 0 Å². The Balaban J connectivity index is 3.55. The molecule has 0 nitrogen and oxygen atoms in total. The van der Waals surface area contributed by atoms with Crippen molar-refractivity contribution in [2.75, 3.05) is 6.67 Å². The maximum atomic E-state index is 12.1. The molecule has 0 rings (SSSR count). The summed E-state index contributed by atoms with van der Waals surface area (Å²) in [4.78, 5) is 0. The Bertz CT molecular complexity index is 88.3. The van der Waals surface area contributed by atoms with Crippen LogP contribution in [0.15, 0.2) is 12.7 Å². The van der Waals surface area contributed by atoms with E-state index < -0.39 is 25.4 Å². The van der Waals surface area contributed by atoms with E-state index in [1.807, 2.05) is 0 Å². The molecule has 0 spiro atoms. The number of rotatable bonds is 4. The Labute approximate surface area is 52.4 Å². The van der Waals surface area contributed by atoms with Gasteiger partial charge in [0.05, 0.1) is 6.67 Å². The van der Waals surface area contributed by atoms with Gasteiger partial charge in [0.25, 0.3) is 5.92 Å². The van der Waals surface area contributed by atoms with E-state index in [-0.39, 0.29) is 0 Å². The third-order valence-electron chi connectivity index (χ3n) is 0.903. The largest absolute Gasteiger partial charge is 0.254 e. The molecular formula is C6H9F3. The van der Waals surface area contributed by atoms with Crippen LogP contribution in [0.2, 0.25) is 0 Å². The molecule has 3 heteroatoms. The van der Waals surface area contributed by atoms with E-state index in [4.69, 9.17) is 0 Å². The molecule has 0 bridgehead atoms. The molecule has 0 fully saturated rings. The predicted octanol–water partition coefficient (Wildman–Crippen LogP) is 2.56. The summed E-state index contributed by atoms with van der Waals surface area (Å²) >= 11 is 0. The fourth-order valence-corrected chi connectivity index (χ4v) is 0.451. The van der Waals surface area contributed by atoms with Gasteiger partial charge in [-0.3, -0.25) is 4.39 Å². The molecular weight excluding hydrogens is 129 g/mol. The average molecular weight is 138 g/mol. The highest BCUT2D eigenvalue weighted by molar-refractivity contribution is 4.77. The minimum atomic E-state index is -2.89. The van der Waals surface area contributed by atoms with Crippen LogP contribution in [0, 0.1) is 0 Å². The van der Waals surface area contributed by atoms with E-state index in [1.165, 1.54) is 0 Å². The highest BCUT2D eigenvalue weighted by Crippen LogP contribution is 2.22. The number of hydrogen-bond donors (Lipinski definition) is 0. The molecule has 0 radical (unpaired) electrons. The van der Waals surface area contributed by atoms with Crippen LogP contribution in [-0.4, -0.2) is 12.6 Å². The molecule has 0 aromatic carbocycles. The van der Waals surface area contributed by atoms with Crippen molar-refractivity contribution in [2.45, 2.75) is 18.8 Å². The smallest absolute Gasteiger partial charge is 0.251 e. The van der Waals surface area contributed by atoms with Gasteiger partial charge >= 0.3 is 0 Å². The molecule has 0 aliphatic carbocycles. The molecule has 9 heavy (non-hydrogen) atoms. The molecule has 0 aromatic heterocycles. The lowest BCUT2D eigenvalue weighted by molar-refractivity contribution is -0.00973. The van der Waals surface area contributed by atoms with Gasteiger partial charge in [0.15, 0.2) is 0 Å². The summed E-state index contributed by atoms with van der Waals surface area (Å²) in [5.74, 6) is -2.89. The Morgan fingerprint density at radius 3 is 2.33 bits per heavy atom. The standard InChI is InChI=1S/C6H9F3/c1-2-3-6(8,9)4-5-7/h2H,1,3-5H2. The van der Waals surface area contributed by atoms with Gasteiger partial charge in [-0.25, -0.2) is 8.78 Å². The van der Waals surface area contributed by atoms with Crippen molar-refractivity contribution in [3.63, 3.8) is 0 Å². The molecule has 0 saturated carbocycles. The van der Waals surface area contributed by atoms with Crippen molar-refractivity contribution >= 4 is 0 Å². The summed E-state index contributed by atoms with van der Waals surface area (Å²) in [5, 5.41) is 0. The first kappa shape index (κ1) is 8.53. The van der Waals surface area contributed by atoms with Crippen LogP contribution in [0.1, 0.15) is 12.8 Å². The minimum Gasteiger partial charge on any atom is -0.251 e. The van der Waals surface area contributed by atoms with Crippen molar-refractivity contribution in [2.24, 2.45) is 0 Å². The molecule has 54 valence electrons. The van der Waals surface area contributed by atoms with Crippen molar-refractivity contribution in [1.29, 1.82) is 0 Å². The number of alkyl halides is 3. The fourth-order valence-electron chi connectivity index (χ4n) is 0.451. The zero-order valence-corrected chi connectivity index (χ0v) is 5.04. The van der Waals surface area contributed by atoms with E-state index >= 15 is 0 Å². The summed E-state index contributed by atoms with van der Waals surface area (Å²) in [6, 6.07) is 0. The molecule has 0 amide bonds. The van der Waals surface area contributed by atoms with E-state index in [0.717, 1.165) is 6.08 Å². The van der Waals surface area contributed by atoms with E-state index in [2.05, 4.69) is 6.58 Å². The highest BCUT2D eigenvalue weighted by atomic mass is 19.3. The van der Waals surface area contributed by atoms with Gasteiger partial charge in [0.1, 0.15) is 0 Å². The van der Waals surface area contributed by atoms with Gasteiger partial charge < -0.3 is 0 Å². The zero-order valence-electron chi connectivity index (χ0n) is 5.04. The Morgan fingerprint density at radius 2 is 2.00 bits per heavy atom. The quantitative estimate of drug-likeness (QED) is 0.524. The monoisotopic (exact) mass is 138 g/mol. The SMILES string of the molecule is C=CCC(F)(F)CCF. The lowest BCUT2D eigenvalue weighted by atomic mass is 10.2. The molecule has 0 aliphatic rings. The third-order valence-corrected chi connectivity index (χ3v) is 0.903. The zero-order chi connectivity index (χ0) is 7.33. The first-order valence-electron chi connectivity index (χ1n) is 2.67. The summed E-state index contributed by atoms with van der Waals surface area (Å²) < 4.78 is 35.5. The van der Waals surface area contributed by atoms with E-state index in [1.54, 1.807) is 0 Å². The molecule has 0 unspecified atom stereocenters. The van der Waals surface area contributed by atoms with Crippen molar-refractivity contribution in [3.05, 3.63) is 12.7 Å². The lowest BCUT2D eigenvalue weighted by Crippen LogP contribution is -2.14. The van der Waals surface area contributed by atoms with Gasteiger partial charge in [-0.15, -0.1) is 6.58 Å². The summed E-state index contributed by atoms with van der Waals surface area (Å²) in [6.45, 7) is 2.15. The number of halogens is 3. The van der Waals surface area contributed by atoms with Crippen LogP contribution < -0.4 is 0 Å². The van der Waals surface area contributed by atoms with Gasteiger partial charge in [-0.1, -0.05) is 6.08 Å². The molecule has 0 N–H and O–H groups in total. The first-order valence-corrected chi connectivity index (χ1v) is 2.67. The predicted molar refractivity (Wildman–Crippen MR) is 30.4 cm³/mol. The topological polar surface area (TPSA) is 0 Å². The Kier molecular flexibility index (Phi) is 3.35. The lowest BCUT2D eigenvalue weighted by Gasteiger charge is -2.10. The van der Waals surface area contributed by atoms with Crippen LogP contribution in [-0.2, 0) is 0 Å². The highest BCUT2D eigenvalue weighted by Gasteiger charge is 2.25. The maximum absolute atomic E-state index is 12.1. The molecule has 0 heterocycles. The van der Waals surface area contributed by atoms with Crippen LogP contribution in [0.4, 0.5) is 13.2 Å².